The molecule has 7 heteroatoms. The number of hydrogen-bond donors (Lipinski definition) is 1. The number of anilines is 1. The van der Waals surface area contributed by atoms with Gasteiger partial charge in [0.2, 0.25) is 5.13 Å². The van der Waals surface area contributed by atoms with E-state index in [0.717, 1.165) is 22.5 Å². The van der Waals surface area contributed by atoms with Gasteiger partial charge in [0.25, 0.3) is 0 Å². The second-order valence-electron chi connectivity index (χ2n) is 4.72. The molecule has 0 aliphatic heterocycles. The molecule has 0 saturated carbocycles. The normalized spacial score (nSPS) is 11.5. The molecular formula is C16H12ClFN4S. The smallest absolute Gasteiger partial charge is 0.203 e. The van der Waals surface area contributed by atoms with Crippen molar-refractivity contribution in [2.24, 2.45) is 5.10 Å². The molecule has 3 rings (SSSR count). The number of pyridine rings is 1. The Morgan fingerprint density at radius 1 is 1.26 bits per heavy atom. The van der Waals surface area contributed by atoms with Crippen molar-refractivity contribution < 1.29 is 4.39 Å². The average Bonchev–Trinajstić information content (AvgIpc) is 3.02. The number of nitrogens with one attached hydrogen (secondary N) is 1. The van der Waals surface area contributed by atoms with Crippen molar-refractivity contribution in [1.29, 1.82) is 0 Å². The lowest BCUT2D eigenvalue weighted by molar-refractivity contribution is 0.628. The summed E-state index contributed by atoms with van der Waals surface area (Å²) in [7, 11) is 0. The first-order valence-corrected chi connectivity index (χ1v) is 8.01. The van der Waals surface area contributed by atoms with E-state index in [1.165, 1.54) is 23.5 Å². The Morgan fingerprint density at radius 2 is 2.04 bits per heavy atom. The maximum atomic E-state index is 12.9. The van der Waals surface area contributed by atoms with E-state index in [1.807, 2.05) is 18.4 Å². The fourth-order valence-electron chi connectivity index (χ4n) is 1.90. The summed E-state index contributed by atoms with van der Waals surface area (Å²) in [6.07, 6.45) is 1.63. The summed E-state index contributed by atoms with van der Waals surface area (Å²) in [6, 6.07) is 9.80. The minimum absolute atomic E-state index is 0.265. The van der Waals surface area contributed by atoms with Gasteiger partial charge in [0.1, 0.15) is 11.0 Å². The molecule has 2 heterocycles. The zero-order valence-electron chi connectivity index (χ0n) is 12.1. The number of aromatic nitrogens is 2. The molecule has 0 radical (unpaired) electrons. The molecule has 0 atom stereocenters. The number of rotatable bonds is 4. The van der Waals surface area contributed by atoms with Gasteiger partial charge in [-0.2, -0.15) is 5.10 Å². The van der Waals surface area contributed by atoms with Crippen LogP contribution in [0.4, 0.5) is 9.52 Å². The number of halogens is 2. The zero-order chi connectivity index (χ0) is 16.2. The number of thiazole rings is 1. The van der Waals surface area contributed by atoms with E-state index in [9.17, 15) is 4.39 Å². The predicted molar refractivity (Wildman–Crippen MR) is 92.6 cm³/mol. The van der Waals surface area contributed by atoms with Crippen LogP contribution in [-0.2, 0) is 0 Å². The molecule has 1 aromatic carbocycles. The first-order valence-electron chi connectivity index (χ1n) is 6.75. The van der Waals surface area contributed by atoms with Gasteiger partial charge in [0, 0.05) is 22.7 Å². The van der Waals surface area contributed by atoms with Crippen molar-refractivity contribution in [2.45, 2.75) is 6.92 Å². The zero-order valence-corrected chi connectivity index (χ0v) is 13.7. The lowest BCUT2D eigenvalue weighted by atomic mass is 10.2. The van der Waals surface area contributed by atoms with E-state index < -0.39 is 0 Å². The third-order valence-corrected chi connectivity index (χ3v) is 4.06. The molecule has 0 unspecified atom stereocenters. The number of hydrogen-bond acceptors (Lipinski definition) is 5. The maximum absolute atomic E-state index is 12.9. The van der Waals surface area contributed by atoms with Crippen LogP contribution < -0.4 is 5.43 Å². The molecular weight excluding hydrogens is 335 g/mol. The van der Waals surface area contributed by atoms with Gasteiger partial charge in [-0.15, -0.1) is 11.3 Å². The Morgan fingerprint density at radius 3 is 2.78 bits per heavy atom. The van der Waals surface area contributed by atoms with Gasteiger partial charge in [0.15, 0.2) is 0 Å². The molecule has 0 saturated heterocycles. The summed E-state index contributed by atoms with van der Waals surface area (Å²) in [5.41, 5.74) is 6.21. The van der Waals surface area contributed by atoms with Crippen LogP contribution in [0.25, 0.3) is 11.3 Å². The Hall–Kier alpha value is -2.31. The van der Waals surface area contributed by atoms with Crippen LogP contribution in [0.3, 0.4) is 0 Å². The van der Waals surface area contributed by atoms with E-state index in [0.29, 0.717) is 10.3 Å². The minimum Gasteiger partial charge on any atom is -0.252 e. The van der Waals surface area contributed by atoms with E-state index in [1.54, 1.807) is 24.4 Å². The molecule has 1 N–H and O–H groups in total. The van der Waals surface area contributed by atoms with Crippen LogP contribution in [0.15, 0.2) is 53.1 Å². The van der Waals surface area contributed by atoms with Crippen molar-refractivity contribution in [3.8, 4) is 11.3 Å². The molecule has 0 spiro atoms. The SMILES string of the molecule is C/C(=N\Nc1nc(-c2ccc(F)cc2)cs1)c1ccnc(Cl)c1. The predicted octanol–water partition coefficient (Wildman–Crippen LogP) is 4.83. The van der Waals surface area contributed by atoms with E-state index in [2.05, 4.69) is 20.5 Å². The number of benzene rings is 1. The molecule has 4 nitrogen and oxygen atoms in total. The van der Waals surface area contributed by atoms with E-state index in [4.69, 9.17) is 11.6 Å². The summed E-state index contributed by atoms with van der Waals surface area (Å²) in [4.78, 5) is 8.37. The monoisotopic (exact) mass is 346 g/mol. The molecule has 2 aromatic heterocycles. The largest absolute Gasteiger partial charge is 0.252 e. The van der Waals surface area contributed by atoms with Gasteiger partial charge in [-0.25, -0.2) is 14.4 Å². The first kappa shape index (κ1) is 15.6. The summed E-state index contributed by atoms with van der Waals surface area (Å²) >= 11 is 7.29. The van der Waals surface area contributed by atoms with Crippen LogP contribution in [0.1, 0.15) is 12.5 Å². The summed E-state index contributed by atoms with van der Waals surface area (Å²) in [5, 5.41) is 7.27. The topological polar surface area (TPSA) is 50.2 Å². The van der Waals surface area contributed by atoms with Gasteiger partial charge in [-0.1, -0.05) is 11.6 Å². The third kappa shape index (κ3) is 3.91. The number of hydrazone groups is 1. The quantitative estimate of drug-likeness (QED) is 0.418. The highest BCUT2D eigenvalue weighted by atomic mass is 35.5. The van der Waals surface area contributed by atoms with Crippen molar-refractivity contribution in [3.05, 3.63) is 64.5 Å². The Bertz CT molecular complexity index is 845. The lowest BCUT2D eigenvalue weighted by Gasteiger charge is -2.01. The van der Waals surface area contributed by atoms with Crippen LogP contribution in [0, 0.1) is 5.82 Å². The third-order valence-electron chi connectivity index (χ3n) is 3.11. The lowest BCUT2D eigenvalue weighted by Crippen LogP contribution is -1.99. The molecule has 0 amide bonds. The van der Waals surface area contributed by atoms with Crippen LogP contribution >= 0.6 is 22.9 Å². The summed E-state index contributed by atoms with van der Waals surface area (Å²) < 4.78 is 12.9. The van der Waals surface area contributed by atoms with E-state index in [-0.39, 0.29) is 5.82 Å². The molecule has 3 aromatic rings. The summed E-state index contributed by atoms with van der Waals surface area (Å²) in [5.74, 6) is -0.265. The second kappa shape index (κ2) is 6.85. The number of nitrogens with zero attached hydrogens (tertiary/aromatic N) is 3. The van der Waals surface area contributed by atoms with Crippen LogP contribution in [0.2, 0.25) is 5.15 Å². The Labute approximate surface area is 141 Å². The Balaban J connectivity index is 1.74. The molecule has 116 valence electrons. The van der Waals surface area contributed by atoms with Crippen molar-refractivity contribution in [1.82, 2.24) is 9.97 Å². The maximum Gasteiger partial charge on any atom is 0.203 e. The van der Waals surface area contributed by atoms with Gasteiger partial charge >= 0.3 is 0 Å². The van der Waals surface area contributed by atoms with Crippen molar-refractivity contribution in [2.75, 3.05) is 5.43 Å². The van der Waals surface area contributed by atoms with Gasteiger partial charge in [0.05, 0.1) is 11.4 Å². The minimum atomic E-state index is -0.265. The van der Waals surface area contributed by atoms with Crippen molar-refractivity contribution >= 4 is 33.8 Å². The molecule has 0 bridgehead atoms. The Kier molecular flexibility index (Phi) is 4.64. The molecule has 0 fully saturated rings. The van der Waals surface area contributed by atoms with Gasteiger partial charge in [-0.05, 0) is 43.3 Å². The first-order chi connectivity index (χ1) is 11.1. The van der Waals surface area contributed by atoms with Crippen LogP contribution in [0.5, 0.6) is 0 Å². The second-order valence-corrected chi connectivity index (χ2v) is 5.97. The van der Waals surface area contributed by atoms with Gasteiger partial charge < -0.3 is 0 Å². The standard InChI is InChI=1S/C16H12ClFN4S/c1-10(12-6-7-19-15(17)8-12)21-22-16-20-14(9-23-16)11-2-4-13(18)5-3-11/h2-9H,1H3,(H,20,22)/b21-10+. The summed E-state index contributed by atoms with van der Waals surface area (Å²) in [6.45, 7) is 1.87. The van der Waals surface area contributed by atoms with Gasteiger partial charge in [-0.3, -0.25) is 5.43 Å². The fraction of sp³-hybridized carbons (Fsp3) is 0.0625. The van der Waals surface area contributed by atoms with Crippen molar-refractivity contribution in [3.63, 3.8) is 0 Å². The van der Waals surface area contributed by atoms with Crippen LogP contribution in [-0.4, -0.2) is 15.7 Å². The highest BCUT2D eigenvalue weighted by molar-refractivity contribution is 7.14. The highest BCUT2D eigenvalue weighted by Gasteiger charge is 2.05. The molecule has 0 aliphatic rings. The molecule has 0 aliphatic carbocycles. The average molecular weight is 347 g/mol. The fourth-order valence-corrected chi connectivity index (χ4v) is 2.74. The van der Waals surface area contributed by atoms with E-state index >= 15 is 0 Å². The highest BCUT2D eigenvalue weighted by Crippen LogP contribution is 2.25. The molecule has 23 heavy (non-hydrogen) atoms.